The van der Waals surface area contributed by atoms with Crippen LogP contribution in [0.1, 0.15) is 18.4 Å². The van der Waals surface area contributed by atoms with Crippen LogP contribution in [0.5, 0.6) is 11.5 Å². The molecule has 0 fully saturated rings. The predicted octanol–water partition coefficient (Wildman–Crippen LogP) is 1.72. The van der Waals surface area contributed by atoms with Crippen LogP contribution in [-0.4, -0.2) is 10.2 Å². The maximum atomic E-state index is 9.30. The Morgan fingerprint density at radius 1 is 1.42 bits per heavy atom. The Hall–Kier alpha value is -1.69. The first-order valence-corrected chi connectivity index (χ1v) is 3.57. The minimum atomic E-state index is -0.405. The molecule has 1 aromatic rings. The van der Waals surface area contributed by atoms with Crippen molar-refractivity contribution in [2.75, 3.05) is 0 Å². The lowest BCUT2D eigenvalue weighted by Gasteiger charge is -2.06. The standard InChI is InChI=1S/C9H9NO2/c1-6(5-10)7-3-2-4-8(11)9(7)12/h2-4,6,11-12H,1H3. The lowest BCUT2D eigenvalue weighted by atomic mass is 10.0. The second kappa shape index (κ2) is 3.14. The van der Waals surface area contributed by atoms with Crippen molar-refractivity contribution in [2.24, 2.45) is 0 Å². The van der Waals surface area contributed by atoms with E-state index in [1.54, 1.807) is 19.1 Å². The Kier molecular flexibility index (Phi) is 2.20. The van der Waals surface area contributed by atoms with Crippen molar-refractivity contribution in [3.8, 4) is 17.6 Å². The number of aromatic hydroxyl groups is 2. The van der Waals surface area contributed by atoms with Crippen molar-refractivity contribution >= 4 is 0 Å². The zero-order valence-corrected chi connectivity index (χ0v) is 6.65. The highest BCUT2D eigenvalue weighted by Gasteiger charge is 2.11. The molecular weight excluding hydrogens is 154 g/mol. The van der Waals surface area contributed by atoms with Crippen LogP contribution in [0.3, 0.4) is 0 Å². The SMILES string of the molecule is CC(C#N)c1cccc(O)c1O. The second-order valence-corrected chi connectivity index (χ2v) is 2.57. The van der Waals surface area contributed by atoms with Crippen molar-refractivity contribution in [1.82, 2.24) is 0 Å². The highest BCUT2D eigenvalue weighted by molar-refractivity contribution is 5.47. The summed E-state index contributed by atoms with van der Waals surface area (Å²) >= 11 is 0. The van der Waals surface area contributed by atoms with E-state index in [2.05, 4.69) is 0 Å². The highest BCUT2D eigenvalue weighted by atomic mass is 16.3. The summed E-state index contributed by atoms with van der Waals surface area (Å²) in [6.45, 7) is 1.66. The molecule has 0 amide bonds. The zero-order valence-electron chi connectivity index (χ0n) is 6.65. The Labute approximate surface area is 70.5 Å². The van der Waals surface area contributed by atoms with Crippen molar-refractivity contribution in [2.45, 2.75) is 12.8 Å². The van der Waals surface area contributed by atoms with Crippen LogP contribution in [0.2, 0.25) is 0 Å². The van der Waals surface area contributed by atoms with Gasteiger partial charge in [0.25, 0.3) is 0 Å². The molecule has 0 heterocycles. The third-order valence-corrected chi connectivity index (χ3v) is 1.71. The molecule has 0 saturated heterocycles. The maximum Gasteiger partial charge on any atom is 0.162 e. The molecule has 0 aliphatic rings. The summed E-state index contributed by atoms with van der Waals surface area (Å²) in [6.07, 6.45) is 0. The van der Waals surface area contributed by atoms with Gasteiger partial charge in [-0.05, 0) is 13.0 Å². The van der Waals surface area contributed by atoms with E-state index in [9.17, 15) is 5.11 Å². The predicted molar refractivity (Wildman–Crippen MR) is 43.8 cm³/mol. The van der Waals surface area contributed by atoms with E-state index >= 15 is 0 Å². The minimum Gasteiger partial charge on any atom is -0.504 e. The number of rotatable bonds is 1. The van der Waals surface area contributed by atoms with Crippen molar-refractivity contribution in [1.29, 1.82) is 5.26 Å². The Balaban J connectivity index is 3.18. The number of para-hydroxylation sites is 1. The van der Waals surface area contributed by atoms with Gasteiger partial charge < -0.3 is 10.2 Å². The van der Waals surface area contributed by atoms with Gasteiger partial charge in [0.05, 0.1) is 12.0 Å². The molecule has 0 spiro atoms. The van der Waals surface area contributed by atoms with E-state index in [1.165, 1.54) is 6.07 Å². The first-order valence-electron chi connectivity index (χ1n) is 3.57. The molecule has 0 aromatic heterocycles. The monoisotopic (exact) mass is 163 g/mol. The zero-order chi connectivity index (χ0) is 9.14. The molecule has 2 N–H and O–H groups in total. The lowest BCUT2D eigenvalue weighted by Crippen LogP contribution is -1.89. The maximum absolute atomic E-state index is 9.30. The van der Waals surface area contributed by atoms with Crippen LogP contribution in [0.4, 0.5) is 0 Å². The fourth-order valence-electron chi connectivity index (χ4n) is 0.968. The van der Waals surface area contributed by atoms with Crippen LogP contribution in [0, 0.1) is 11.3 Å². The van der Waals surface area contributed by atoms with Crippen LogP contribution in [-0.2, 0) is 0 Å². The molecule has 0 aliphatic carbocycles. The molecule has 0 saturated carbocycles. The molecule has 12 heavy (non-hydrogen) atoms. The molecule has 0 bridgehead atoms. The first kappa shape index (κ1) is 8.41. The largest absolute Gasteiger partial charge is 0.504 e. The van der Waals surface area contributed by atoms with E-state index in [4.69, 9.17) is 10.4 Å². The van der Waals surface area contributed by atoms with Crippen molar-refractivity contribution in [3.05, 3.63) is 23.8 Å². The van der Waals surface area contributed by atoms with E-state index < -0.39 is 5.92 Å². The van der Waals surface area contributed by atoms with Crippen molar-refractivity contribution < 1.29 is 10.2 Å². The number of nitriles is 1. The van der Waals surface area contributed by atoms with Gasteiger partial charge in [0.15, 0.2) is 11.5 Å². The number of hydrogen-bond acceptors (Lipinski definition) is 3. The van der Waals surface area contributed by atoms with Gasteiger partial charge in [-0.25, -0.2) is 0 Å². The van der Waals surface area contributed by atoms with E-state index in [1.807, 2.05) is 6.07 Å². The van der Waals surface area contributed by atoms with E-state index in [0.29, 0.717) is 5.56 Å². The summed E-state index contributed by atoms with van der Waals surface area (Å²) < 4.78 is 0. The topological polar surface area (TPSA) is 64.2 Å². The molecular formula is C9H9NO2. The third-order valence-electron chi connectivity index (χ3n) is 1.71. The average molecular weight is 163 g/mol. The normalized spacial score (nSPS) is 12.0. The summed E-state index contributed by atoms with van der Waals surface area (Å²) in [4.78, 5) is 0. The Morgan fingerprint density at radius 2 is 2.08 bits per heavy atom. The van der Waals surface area contributed by atoms with Crippen LogP contribution in [0.25, 0.3) is 0 Å². The van der Waals surface area contributed by atoms with Crippen LogP contribution in [0.15, 0.2) is 18.2 Å². The molecule has 1 rings (SSSR count). The Morgan fingerprint density at radius 3 is 2.67 bits per heavy atom. The first-order chi connectivity index (χ1) is 5.66. The summed E-state index contributed by atoms with van der Waals surface area (Å²) in [5.74, 6) is -0.793. The number of phenolic OH excluding ortho intramolecular Hbond substituents is 2. The fraction of sp³-hybridized carbons (Fsp3) is 0.222. The van der Waals surface area contributed by atoms with Crippen LogP contribution >= 0.6 is 0 Å². The van der Waals surface area contributed by atoms with Gasteiger partial charge in [0, 0.05) is 5.56 Å². The summed E-state index contributed by atoms with van der Waals surface area (Å²) in [5, 5.41) is 26.9. The van der Waals surface area contributed by atoms with Crippen LogP contribution < -0.4 is 0 Å². The summed E-state index contributed by atoms with van der Waals surface area (Å²) in [6, 6.07) is 6.57. The lowest BCUT2D eigenvalue weighted by molar-refractivity contribution is 0.399. The molecule has 1 aromatic carbocycles. The van der Waals surface area contributed by atoms with Gasteiger partial charge in [-0.2, -0.15) is 5.26 Å². The quantitative estimate of drug-likeness (QED) is 0.619. The number of nitrogens with zero attached hydrogens (tertiary/aromatic N) is 1. The number of benzene rings is 1. The number of phenols is 2. The molecule has 0 radical (unpaired) electrons. The van der Waals surface area contributed by atoms with Gasteiger partial charge in [0.2, 0.25) is 0 Å². The molecule has 1 atom stereocenters. The molecule has 0 aliphatic heterocycles. The average Bonchev–Trinajstić information content (AvgIpc) is 2.08. The molecule has 62 valence electrons. The van der Waals surface area contributed by atoms with Gasteiger partial charge in [-0.1, -0.05) is 12.1 Å². The summed E-state index contributed by atoms with van der Waals surface area (Å²) in [5.41, 5.74) is 0.456. The van der Waals surface area contributed by atoms with E-state index in [0.717, 1.165) is 0 Å². The molecule has 3 nitrogen and oxygen atoms in total. The Bertz CT molecular complexity index is 328. The second-order valence-electron chi connectivity index (χ2n) is 2.57. The highest BCUT2D eigenvalue weighted by Crippen LogP contribution is 2.32. The van der Waals surface area contributed by atoms with E-state index in [-0.39, 0.29) is 11.5 Å². The smallest absolute Gasteiger partial charge is 0.162 e. The van der Waals surface area contributed by atoms with Gasteiger partial charge in [-0.15, -0.1) is 0 Å². The van der Waals surface area contributed by atoms with Gasteiger partial charge in [0.1, 0.15) is 0 Å². The number of hydrogen-bond donors (Lipinski definition) is 2. The summed E-state index contributed by atoms with van der Waals surface area (Å²) in [7, 11) is 0. The van der Waals surface area contributed by atoms with Gasteiger partial charge in [-0.3, -0.25) is 0 Å². The molecule has 1 unspecified atom stereocenters. The van der Waals surface area contributed by atoms with Gasteiger partial charge >= 0.3 is 0 Å². The van der Waals surface area contributed by atoms with Crippen molar-refractivity contribution in [3.63, 3.8) is 0 Å². The molecule has 3 heteroatoms. The third kappa shape index (κ3) is 1.32. The fourth-order valence-corrected chi connectivity index (χ4v) is 0.968. The minimum absolute atomic E-state index is 0.186.